The summed E-state index contributed by atoms with van der Waals surface area (Å²) in [6.45, 7) is 0.651. The number of hydrogen-bond acceptors (Lipinski definition) is 6. The Morgan fingerprint density at radius 1 is 1.04 bits per heavy atom. The van der Waals surface area contributed by atoms with E-state index in [1.54, 1.807) is 4.90 Å². The van der Waals surface area contributed by atoms with Gasteiger partial charge in [-0.1, -0.05) is 0 Å². The summed E-state index contributed by atoms with van der Waals surface area (Å²) in [6.07, 6.45) is 1.02. The van der Waals surface area contributed by atoms with E-state index in [4.69, 9.17) is 4.74 Å². The maximum absolute atomic E-state index is 12.7. The molecule has 152 valence electrons. The fourth-order valence-corrected chi connectivity index (χ4v) is 4.30. The van der Waals surface area contributed by atoms with Crippen molar-refractivity contribution < 1.29 is 27.5 Å². The molecule has 0 aromatic heterocycles. The SMILES string of the molecule is CN(C)S(=O)(=O)c1ccc(C(=O)N2CCC(N3C(=O)COCC3=O)CC2)cc1. The van der Waals surface area contributed by atoms with E-state index in [1.165, 1.54) is 43.3 Å². The Morgan fingerprint density at radius 3 is 2.07 bits per heavy atom. The molecule has 2 fully saturated rings. The molecule has 2 saturated heterocycles. The van der Waals surface area contributed by atoms with E-state index < -0.39 is 10.0 Å². The molecule has 1 aromatic rings. The van der Waals surface area contributed by atoms with Gasteiger partial charge in [0.25, 0.3) is 17.7 Å². The molecule has 9 nitrogen and oxygen atoms in total. The largest absolute Gasteiger partial charge is 0.362 e. The smallest absolute Gasteiger partial charge is 0.255 e. The van der Waals surface area contributed by atoms with E-state index in [1.807, 2.05) is 0 Å². The predicted octanol–water partition coefficient (Wildman–Crippen LogP) is -0.0731. The fourth-order valence-electron chi connectivity index (χ4n) is 3.40. The lowest BCUT2D eigenvalue weighted by molar-refractivity contribution is -0.162. The van der Waals surface area contributed by atoms with Crippen molar-refractivity contribution in [3.8, 4) is 0 Å². The highest BCUT2D eigenvalue weighted by molar-refractivity contribution is 7.89. The zero-order valence-electron chi connectivity index (χ0n) is 15.8. The van der Waals surface area contributed by atoms with Crippen LogP contribution in [0.4, 0.5) is 0 Å². The summed E-state index contributed by atoms with van der Waals surface area (Å²) in [7, 11) is -0.652. The van der Waals surface area contributed by atoms with Gasteiger partial charge in [0.1, 0.15) is 13.2 Å². The Kier molecular flexibility index (Phi) is 5.82. The summed E-state index contributed by atoms with van der Waals surface area (Å²) in [5.74, 6) is -0.871. The number of benzene rings is 1. The summed E-state index contributed by atoms with van der Waals surface area (Å²) >= 11 is 0. The molecular weight excluding hydrogens is 386 g/mol. The third-order valence-electron chi connectivity index (χ3n) is 4.99. The highest BCUT2D eigenvalue weighted by Gasteiger charge is 2.36. The lowest BCUT2D eigenvalue weighted by Gasteiger charge is -2.38. The van der Waals surface area contributed by atoms with Crippen molar-refractivity contribution in [2.75, 3.05) is 40.4 Å². The van der Waals surface area contributed by atoms with Crippen molar-refractivity contribution in [3.05, 3.63) is 29.8 Å². The molecule has 1 aromatic carbocycles. The predicted molar refractivity (Wildman–Crippen MR) is 98.9 cm³/mol. The van der Waals surface area contributed by atoms with E-state index >= 15 is 0 Å². The van der Waals surface area contributed by atoms with Crippen LogP contribution in [0.2, 0.25) is 0 Å². The quantitative estimate of drug-likeness (QED) is 0.645. The number of piperidine rings is 1. The van der Waals surface area contributed by atoms with Crippen LogP contribution in [-0.4, -0.2) is 86.7 Å². The molecule has 2 heterocycles. The molecule has 0 N–H and O–H groups in total. The first kappa shape index (κ1) is 20.4. The Balaban J connectivity index is 1.64. The molecule has 0 spiro atoms. The first-order valence-electron chi connectivity index (χ1n) is 8.96. The molecule has 10 heteroatoms. The van der Waals surface area contributed by atoms with Gasteiger partial charge in [0.15, 0.2) is 0 Å². The van der Waals surface area contributed by atoms with Crippen molar-refractivity contribution in [1.82, 2.24) is 14.1 Å². The summed E-state index contributed by atoms with van der Waals surface area (Å²) < 4.78 is 30.3. The molecule has 0 atom stereocenters. The number of rotatable bonds is 4. The highest BCUT2D eigenvalue weighted by Crippen LogP contribution is 2.21. The summed E-state index contributed by atoms with van der Waals surface area (Å²) in [5, 5.41) is 0. The van der Waals surface area contributed by atoms with E-state index in [-0.39, 0.29) is 41.9 Å². The second-order valence-electron chi connectivity index (χ2n) is 6.99. The van der Waals surface area contributed by atoms with Gasteiger partial charge in [0.2, 0.25) is 10.0 Å². The van der Waals surface area contributed by atoms with Gasteiger partial charge < -0.3 is 9.64 Å². The average molecular weight is 409 g/mol. The van der Waals surface area contributed by atoms with Crippen LogP contribution < -0.4 is 0 Å². The van der Waals surface area contributed by atoms with Crippen molar-refractivity contribution in [2.24, 2.45) is 0 Å². The Bertz CT molecular complexity index is 857. The van der Waals surface area contributed by atoms with E-state index in [2.05, 4.69) is 0 Å². The third kappa shape index (κ3) is 3.94. The topological polar surface area (TPSA) is 104 Å². The van der Waals surface area contributed by atoms with Crippen LogP contribution in [0, 0.1) is 0 Å². The normalized spacial score (nSPS) is 19.4. The third-order valence-corrected chi connectivity index (χ3v) is 6.81. The standard InChI is InChI=1S/C18H23N3O6S/c1-19(2)28(25,26)15-5-3-13(4-6-15)18(24)20-9-7-14(8-10-20)21-16(22)11-27-12-17(21)23/h3-6,14H,7-12H2,1-2H3. The van der Waals surface area contributed by atoms with Gasteiger partial charge in [0.05, 0.1) is 4.90 Å². The molecule has 28 heavy (non-hydrogen) atoms. The van der Waals surface area contributed by atoms with Crippen molar-refractivity contribution >= 4 is 27.7 Å². The molecule has 3 amide bonds. The van der Waals surface area contributed by atoms with Crippen LogP contribution in [0.25, 0.3) is 0 Å². The minimum Gasteiger partial charge on any atom is -0.362 e. The van der Waals surface area contributed by atoms with E-state index in [0.717, 1.165) is 4.31 Å². The zero-order chi connectivity index (χ0) is 20.5. The van der Waals surface area contributed by atoms with Gasteiger partial charge in [-0.05, 0) is 37.1 Å². The molecule has 0 bridgehead atoms. The molecule has 3 rings (SSSR count). The Hall–Kier alpha value is -2.30. The molecule has 2 aliphatic heterocycles. The second-order valence-corrected chi connectivity index (χ2v) is 9.14. The summed E-state index contributed by atoms with van der Waals surface area (Å²) in [4.78, 5) is 39.6. The van der Waals surface area contributed by atoms with E-state index in [0.29, 0.717) is 31.5 Å². The number of morpholine rings is 1. The van der Waals surface area contributed by atoms with Crippen LogP contribution >= 0.6 is 0 Å². The van der Waals surface area contributed by atoms with Crippen molar-refractivity contribution in [1.29, 1.82) is 0 Å². The van der Waals surface area contributed by atoms with Gasteiger partial charge in [-0.15, -0.1) is 0 Å². The number of sulfonamides is 1. The molecule has 0 radical (unpaired) electrons. The minimum atomic E-state index is -3.55. The number of imide groups is 1. The molecule has 2 aliphatic rings. The second kappa shape index (κ2) is 7.98. The van der Waals surface area contributed by atoms with Gasteiger partial charge >= 0.3 is 0 Å². The molecule has 0 unspecified atom stereocenters. The van der Waals surface area contributed by atoms with Gasteiger partial charge in [-0.3, -0.25) is 19.3 Å². The first-order chi connectivity index (χ1) is 13.2. The van der Waals surface area contributed by atoms with Crippen LogP contribution in [0.3, 0.4) is 0 Å². The van der Waals surface area contributed by atoms with Crippen LogP contribution in [-0.2, 0) is 24.3 Å². The lowest BCUT2D eigenvalue weighted by Crippen LogP contribution is -2.55. The average Bonchev–Trinajstić information content (AvgIpc) is 2.68. The highest BCUT2D eigenvalue weighted by atomic mass is 32.2. The number of carbonyl (C=O) groups is 3. The molecular formula is C18H23N3O6S. The first-order valence-corrected chi connectivity index (χ1v) is 10.4. The minimum absolute atomic E-state index is 0.0902. The maximum atomic E-state index is 12.7. The number of nitrogens with zero attached hydrogens (tertiary/aromatic N) is 3. The van der Waals surface area contributed by atoms with Crippen LogP contribution in [0.15, 0.2) is 29.2 Å². The van der Waals surface area contributed by atoms with Gasteiger partial charge in [0, 0.05) is 38.8 Å². The zero-order valence-corrected chi connectivity index (χ0v) is 16.6. The maximum Gasteiger partial charge on any atom is 0.255 e. The number of carbonyl (C=O) groups excluding carboxylic acids is 3. The Morgan fingerprint density at radius 2 is 1.57 bits per heavy atom. The van der Waals surface area contributed by atoms with Gasteiger partial charge in [-0.2, -0.15) is 0 Å². The number of ether oxygens (including phenoxy) is 1. The Labute approximate surface area is 163 Å². The number of amides is 3. The molecule has 0 aliphatic carbocycles. The van der Waals surface area contributed by atoms with Crippen LogP contribution in [0.1, 0.15) is 23.2 Å². The lowest BCUT2D eigenvalue weighted by atomic mass is 10.0. The van der Waals surface area contributed by atoms with Gasteiger partial charge in [-0.25, -0.2) is 12.7 Å². The van der Waals surface area contributed by atoms with Crippen molar-refractivity contribution in [2.45, 2.75) is 23.8 Å². The van der Waals surface area contributed by atoms with E-state index in [9.17, 15) is 22.8 Å². The fraction of sp³-hybridized carbons (Fsp3) is 0.500. The summed E-state index contributed by atoms with van der Waals surface area (Å²) in [5.41, 5.74) is 0.398. The monoisotopic (exact) mass is 409 g/mol. The van der Waals surface area contributed by atoms with Crippen LogP contribution in [0.5, 0.6) is 0 Å². The van der Waals surface area contributed by atoms with Crippen molar-refractivity contribution in [3.63, 3.8) is 0 Å². The number of hydrogen-bond donors (Lipinski definition) is 0. The summed E-state index contributed by atoms with van der Waals surface area (Å²) in [6, 6.07) is 5.61. The number of likely N-dealkylation sites (tertiary alicyclic amines) is 1. The molecule has 0 saturated carbocycles.